The SMILES string of the molecule is CCCCc1cncc(SCCC(=O)OCC)c1. The van der Waals surface area contributed by atoms with Gasteiger partial charge in [-0.25, -0.2) is 0 Å². The lowest BCUT2D eigenvalue weighted by Crippen LogP contribution is -2.04. The minimum absolute atomic E-state index is 0.125. The van der Waals surface area contributed by atoms with Gasteiger partial charge in [-0.3, -0.25) is 9.78 Å². The maximum absolute atomic E-state index is 11.2. The van der Waals surface area contributed by atoms with E-state index in [2.05, 4.69) is 18.0 Å². The summed E-state index contributed by atoms with van der Waals surface area (Å²) in [4.78, 5) is 16.6. The number of carbonyl (C=O) groups is 1. The zero-order chi connectivity index (χ0) is 13.2. The quantitative estimate of drug-likeness (QED) is 0.534. The van der Waals surface area contributed by atoms with Crippen LogP contribution < -0.4 is 0 Å². The molecule has 1 rings (SSSR count). The lowest BCUT2D eigenvalue weighted by atomic mass is 10.1. The molecule has 1 aromatic rings. The Morgan fingerprint density at radius 3 is 2.94 bits per heavy atom. The molecule has 0 atom stereocenters. The average Bonchev–Trinajstić information content (AvgIpc) is 2.37. The predicted octanol–water partition coefficient (Wildman–Crippen LogP) is 3.47. The van der Waals surface area contributed by atoms with Gasteiger partial charge in [-0.1, -0.05) is 13.3 Å². The van der Waals surface area contributed by atoms with E-state index >= 15 is 0 Å². The molecular weight excluding hydrogens is 246 g/mol. The van der Waals surface area contributed by atoms with E-state index in [1.54, 1.807) is 11.8 Å². The van der Waals surface area contributed by atoms with Crippen molar-refractivity contribution in [3.8, 4) is 0 Å². The Bertz CT molecular complexity index is 369. The van der Waals surface area contributed by atoms with Gasteiger partial charge in [0.05, 0.1) is 13.0 Å². The fourth-order valence-electron chi connectivity index (χ4n) is 1.55. The van der Waals surface area contributed by atoms with Gasteiger partial charge in [0.25, 0.3) is 0 Å². The number of esters is 1. The maximum Gasteiger partial charge on any atom is 0.306 e. The molecule has 0 aliphatic carbocycles. The highest BCUT2D eigenvalue weighted by molar-refractivity contribution is 7.99. The van der Waals surface area contributed by atoms with E-state index < -0.39 is 0 Å². The van der Waals surface area contributed by atoms with E-state index in [0.29, 0.717) is 13.0 Å². The topological polar surface area (TPSA) is 39.2 Å². The Balaban J connectivity index is 2.35. The average molecular weight is 267 g/mol. The Labute approximate surface area is 113 Å². The summed E-state index contributed by atoms with van der Waals surface area (Å²) in [6.45, 7) is 4.47. The summed E-state index contributed by atoms with van der Waals surface area (Å²) < 4.78 is 4.89. The van der Waals surface area contributed by atoms with E-state index in [4.69, 9.17) is 4.74 Å². The Kier molecular flexibility index (Phi) is 7.49. The number of hydrogen-bond donors (Lipinski definition) is 0. The third kappa shape index (κ3) is 6.05. The van der Waals surface area contributed by atoms with E-state index in [-0.39, 0.29) is 5.97 Å². The summed E-state index contributed by atoms with van der Waals surface area (Å²) in [5.41, 5.74) is 1.28. The fourth-order valence-corrected chi connectivity index (χ4v) is 2.42. The molecule has 0 aliphatic heterocycles. The molecule has 0 radical (unpaired) electrons. The van der Waals surface area contributed by atoms with Gasteiger partial charge in [-0.05, 0) is 31.4 Å². The van der Waals surface area contributed by atoms with Crippen LogP contribution in [0, 0.1) is 0 Å². The van der Waals surface area contributed by atoms with Crippen LogP contribution in [-0.4, -0.2) is 23.3 Å². The molecule has 18 heavy (non-hydrogen) atoms. The Morgan fingerprint density at radius 1 is 1.39 bits per heavy atom. The van der Waals surface area contributed by atoms with Crippen molar-refractivity contribution in [1.82, 2.24) is 4.98 Å². The molecular formula is C14H21NO2S. The smallest absolute Gasteiger partial charge is 0.306 e. The Morgan fingerprint density at radius 2 is 2.22 bits per heavy atom. The van der Waals surface area contributed by atoms with Gasteiger partial charge in [0.1, 0.15) is 0 Å². The van der Waals surface area contributed by atoms with Crippen LogP contribution in [0.1, 0.15) is 38.7 Å². The van der Waals surface area contributed by atoms with Crippen molar-refractivity contribution in [2.75, 3.05) is 12.4 Å². The van der Waals surface area contributed by atoms with Crippen LogP contribution in [0.2, 0.25) is 0 Å². The second-order valence-electron chi connectivity index (χ2n) is 4.04. The van der Waals surface area contributed by atoms with Gasteiger partial charge in [-0.2, -0.15) is 0 Å². The Hall–Kier alpha value is -1.03. The lowest BCUT2D eigenvalue weighted by Gasteiger charge is -2.04. The van der Waals surface area contributed by atoms with Crippen molar-refractivity contribution in [3.05, 3.63) is 24.0 Å². The summed E-state index contributed by atoms with van der Waals surface area (Å²) in [6, 6.07) is 2.17. The highest BCUT2D eigenvalue weighted by Crippen LogP contribution is 2.19. The number of ether oxygens (including phenoxy) is 1. The number of carbonyl (C=O) groups excluding carboxylic acids is 1. The third-order valence-electron chi connectivity index (χ3n) is 2.47. The van der Waals surface area contributed by atoms with Gasteiger partial charge in [0.2, 0.25) is 0 Å². The highest BCUT2D eigenvalue weighted by Gasteiger charge is 2.03. The molecule has 1 heterocycles. The third-order valence-corrected chi connectivity index (χ3v) is 3.43. The number of aryl methyl sites for hydroxylation is 1. The van der Waals surface area contributed by atoms with Crippen LogP contribution in [-0.2, 0) is 16.0 Å². The number of pyridine rings is 1. The van der Waals surface area contributed by atoms with Gasteiger partial charge < -0.3 is 4.74 Å². The van der Waals surface area contributed by atoms with Crippen molar-refractivity contribution in [1.29, 1.82) is 0 Å². The molecule has 0 aliphatic rings. The second-order valence-corrected chi connectivity index (χ2v) is 5.20. The lowest BCUT2D eigenvalue weighted by molar-refractivity contribution is -0.142. The van der Waals surface area contributed by atoms with Crippen LogP contribution in [0.3, 0.4) is 0 Å². The number of thioether (sulfide) groups is 1. The first kappa shape index (κ1) is 15.0. The standard InChI is InChI=1S/C14H21NO2S/c1-3-5-6-12-9-13(11-15-10-12)18-8-7-14(16)17-4-2/h9-11H,3-8H2,1-2H3. The molecule has 4 heteroatoms. The number of nitrogens with zero attached hydrogens (tertiary/aromatic N) is 1. The van der Waals surface area contributed by atoms with E-state index in [1.807, 2.05) is 19.3 Å². The normalized spacial score (nSPS) is 10.3. The van der Waals surface area contributed by atoms with Crippen molar-refractivity contribution >= 4 is 17.7 Å². The molecule has 3 nitrogen and oxygen atoms in total. The van der Waals surface area contributed by atoms with Crippen LogP contribution in [0.5, 0.6) is 0 Å². The van der Waals surface area contributed by atoms with Crippen molar-refractivity contribution in [2.24, 2.45) is 0 Å². The minimum atomic E-state index is -0.125. The molecule has 0 spiro atoms. The molecule has 0 bridgehead atoms. The molecule has 0 aromatic carbocycles. The van der Waals surface area contributed by atoms with E-state index in [9.17, 15) is 4.79 Å². The summed E-state index contributed by atoms with van der Waals surface area (Å²) in [6.07, 6.45) is 7.70. The van der Waals surface area contributed by atoms with Crippen LogP contribution in [0.4, 0.5) is 0 Å². The van der Waals surface area contributed by atoms with E-state index in [0.717, 1.165) is 17.1 Å². The zero-order valence-corrected chi connectivity index (χ0v) is 12.0. The molecule has 100 valence electrons. The molecule has 0 fully saturated rings. The summed E-state index contributed by atoms with van der Waals surface area (Å²) in [7, 11) is 0. The maximum atomic E-state index is 11.2. The van der Waals surface area contributed by atoms with Crippen LogP contribution >= 0.6 is 11.8 Å². The fraction of sp³-hybridized carbons (Fsp3) is 0.571. The first-order valence-electron chi connectivity index (χ1n) is 6.48. The largest absolute Gasteiger partial charge is 0.466 e. The highest BCUT2D eigenvalue weighted by atomic mass is 32.2. The van der Waals surface area contributed by atoms with Gasteiger partial charge in [0, 0.05) is 23.0 Å². The monoisotopic (exact) mass is 267 g/mol. The van der Waals surface area contributed by atoms with Crippen molar-refractivity contribution in [2.45, 2.75) is 44.4 Å². The molecule has 0 N–H and O–H groups in total. The van der Waals surface area contributed by atoms with Crippen LogP contribution in [0.25, 0.3) is 0 Å². The van der Waals surface area contributed by atoms with Crippen LogP contribution in [0.15, 0.2) is 23.4 Å². The van der Waals surface area contributed by atoms with Gasteiger partial charge in [-0.15, -0.1) is 11.8 Å². The number of rotatable bonds is 8. The first-order valence-corrected chi connectivity index (χ1v) is 7.47. The summed E-state index contributed by atoms with van der Waals surface area (Å²) >= 11 is 1.66. The molecule has 1 aromatic heterocycles. The number of unbranched alkanes of at least 4 members (excludes halogenated alkanes) is 1. The predicted molar refractivity (Wildman–Crippen MR) is 74.8 cm³/mol. The van der Waals surface area contributed by atoms with Gasteiger partial charge in [0.15, 0.2) is 0 Å². The number of hydrogen-bond acceptors (Lipinski definition) is 4. The first-order chi connectivity index (χ1) is 8.76. The van der Waals surface area contributed by atoms with E-state index in [1.165, 1.54) is 18.4 Å². The van der Waals surface area contributed by atoms with Crippen molar-refractivity contribution < 1.29 is 9.53 Å². The summed E-state index contributed by atoms with van der Waals surface area (Å²) in [5, 5.41) is 0. The van der Waals surface area contributed by atoms with Gasteiger partial charge >= 0.3 is 5.97 Å². The molecule has 0 amide bonds. The molecule has 0 unspecified atom stereocenters. The number of aromatic nitrogens is 1. The zero-order valence-electron chi connectivity index (χ0n) is 11.1. The minimum Gasteiger partial charge on any atom is -0.466 e. The second kappa shape index (κ2) is 8.97. The molecule has 0 saturated carbocycles. The molecule has 0 saturated heterocycles. The van der Waals surface area contributed by atoms with Crippen molar-refractivity contribution in [3.63, 3.8) is 0 Å². The summed E-state index contributed by atoms with van der Waals surface area (Å²) in [5.74, 6) is 0.623.